The lowest BCUT2D eigenvalue weighted by Crippen LogP contribution is -2.37. The molecule has 108 valence electrons. The fourth-order valence-corrected chi connectivity index (χ4v) is 2.37. The summed E-state index contributed by atoms with van der Waals surface area (Å²) in [6, 6.07) is 1.92. The summed E-state index contributed by atoms with van der Waals surface area (Å²) in [4.78, 5) is 12.2. The average molecular weight is 266 g/mol. The van der Waals surface area contributed by atoms with Gasteiger partial charge < -0.3 is 15.5 Å². The van der Waals surface area contributed by atoms with E-state index in [9.17, 15) is 4.79 Å². The molecule has 0 radical (unpaired) electrons. The van der Waals surface area contributed by atoms with Crippen LogP contribution < -0.4 is 11.1 Å². The maximum Gasteiger partial charge on any atom is 0.224 e. The van der Waals surface area contributed by atoms with Gasteiger partial charge in [0.15, 0.2) is 0 Å². The molecular formula is C15H26N2O2. The number of amides is 1. The van der Waals surface area contributed by atoms with E-state index in [4.69, 9.17) is 10.2 Å². The number of carbonyl (C=O) groups is 1. The Hall–Kier alpha value is -1.29. The minimum atomic E-state index is -0.115. The summed E-state index contributed by atoms with van der Waals surface area (Å²) in [5.41, 5.74) is 6.72. The zero-order valence-electron chi connectivity index (χ0n) is 12.6. The zero-order valence-corrected chi connectivity index (χ0v) is 12.6. The molecule has 1 heterocycles. The molecule has 1 rings (SSSR count). The van der Waals surface area contributed by atoms with Gasteiger partial charge in [-0.2, -0.15) is 0 Å². The summed E-state index contributed by atoms with van der Waals surface area (Å²) in [7, 11) is 0. The second kappa shape index (κ2) is 6.75. The number of furan rings is 1. The molecule has 3 N–H and O–H groups in total. The second-order valence-electron chi connectivity index (χ2n) is 5.66. The minimum Gasteiger partial charge on any atom is -0.466 e. The molecule has 4 nitrogen and oxygen atoms in total. The highest BCUT2D eigenvalue weighted by Gasteiger charge is 2.21. The number of hydrogen-bond acceptors (Lipinski definition) is 3. The highest BCUT2D eigenvalue weighted by Crippen LogP contribution is 2.22. The third kappa shape index (κ3) is 4.39. The van der Waals surface area contributed by atoms with Gasteiger partial charge in [0.1, 0.15) is 11.5 Å². The van der Waals surface area contributed by atoms with Gasteiger partial charge in [-0.25, -0.2) is 0 Å². The van der Waals surface area contributed by atoms with Gasteiger partial charge in [-0.3, -0.25) is 4.79 Å². The van der Waals surface area contributed by atoms with E-state index in [2.05, 4.69) is 19.2 Å². The largest absolute Gasteiger partial charge is 0.466 e. The predicted molar refractivity (Wildman–Crippen MR) is 76.7 cm³/mol. The SMILES string of the molecule is Cc1cc(C(C)NC(=O)C(CN)CC(C)C)c(C)o1. The van der Waals surface area contributed by atoms with Crippen LogP contribution in [-0.4, -0.2) is 12.5 Å². The molecule has 0 aliphatic heterocycles. The van der Waals surface area contributed by atoms with E-state index in [1.807, 2.05) is 26.8 Å². The summed E-state index contributed by atoms with van der Waals surface area (Å²) >= 11 is 0. The van der Waals surface area contributed by atoms with Crippen molar-refractivity contribution >= 4 is 5.91 Å². The Morgan fingerprint density at radius 3 is 2.42 bits per heavy atom. The summed E-state index contributed by atoms with van der Waals surface area (Å²) in [5.74, 6) is 2.11. The van der Waals surface area contributed by atoms with Crippen LogP contribution in [0.1, 0.15) is 50.3 Å². The summed E-state index contributed by atoms with van der Waals surface area (Å²) in [5, 5.41) is 3.03. The number of nitrogens with two attached hydrogens (primary N) is 1. The van der Waals surface area contributed by atoms with Crippen molar-refractivity contribution in [1.82, 2.24) is 5.32 Å². The molecule has 4 heteroatoms. The molecule has 1 aromatic heterocycles. The van der Waals surface area contributed by atoms with Crippen LogP contribution in [0.2, 0.25) is 0 Å². The normalized spacial score (nSPS) is 14.5. The maximum atomic E-state index is 12.2. The Bertz CT molecular complexity index is 424. The fourth-order valence-electron chi connectivity index (χ4n) is 2.37. The zero-order chi connectivity index (χ0) is 14.6. The van der Waals surface area contributed by atoms with Crippen molar-refractivity contribution in [2.75, 3.05) is 6.54 Å². The Morgan fingerprint density at radius 1 is 1.37 bits per heavy atom. The van der Waals surface area contributed by atoms with Crippen molar-refractivity contribution in [3.8, 4) is 0 Å². The highest BCUT2D eigenvalue weighted by atomic mass is 16.3. The van der Waals surface area contributed by atoms with E-state index in [-0.39, 0.29) is 17.9 Å². The molecule has 2 atom stereocenters. The van der Waals surface area contributed by atoms with Gasteiger partial charge in [-0.05, 0) is 39.2 Å². The van der Waals surface area contributed by atoms with E-state index in [0.717, 1.165) is 23.5 Å². The molecule has 0 aliphatic carbocycles. The molecule has 1 aromatic rings. The first-order chi connectivity index (χ1) is 8.85. The maximum absolute atomic E-state index is 12.2. The first kappa shape index (κ1) is 15.8. The first-order valence-corrected chi connectivity index (χ1v) is 6.92. The van der Waals surface area contributed by atoms with E-state index in [1.54, 1.807) is 0 Å². The van der Waals surface area contributed by atoms with Gasteiger partial charge >= 0.3 is 0 Å². The number of hydrogen-bond donors (Lipinski definition) is 2. The van der Waals surface area contributed by atoms with Crippen molar-refractivity contribution in [1.29, 1.82) is 0 Å². The first-order valence-electron chi connectivity index (χ1n) is 6.92. The average Bonchev–Trinajstić information content (AvgIpc) is 2.64. The lowest BCUT2D eigenvalue weighted by Gasteiger charge is -2.20. The van der Waals surface area contributed by atoms with Gasteiger partial charge in [-0.1, -0.05) is 13.8 Å². The van der Waals surface area contributed by atoms with E-state index < -0.39 is 0 Å². The molecule has 0 aromatic carbocycles. The molecule has 0 fully saturated rings. The molecular weight excluding hydrogens is 240 g/mol. The Labute approximate surface area is 115 Å². The molecule has 2 unspecified atom stereocenters. The monoisotopic (exact) mass is 266 g/mol. The summed E-state index contributed by atoms with van der Waals surface area (Å²) < 4.78 is 5.49. The predicted octanol–water partition coefficient (Wildman–Crippen LogP) is 2.69. The van der Waals surface area contributed by atoms with E-state index in [0.29, 0.717) is 12.5 Å². The molecule has 0 saturated heterocycles. The van der Waals surface area contributed by atoms with Crippen molar-refractivity contribution in [3.63, 3.8) is 0 Å². The van der Waals surface area contributed by atoms with Crippen molar-refractivity contribution in [3.05, 3.63) is 23.2 Å². The minimum absolute atomic E-state index is 0.0296. The molecule has 1 amide bonds. The Morgan fingerprint density at radius 2 is 2.00 bits per heavy atom. The Balaban J connectivity index is 2.67. The van der Waals surface area contributed by atoms with Crippen LogP contribution in [0.25, 0.3) is 0 Å². The van der Waals surface area contributed by atoms with Crippen LogP contribution in [0.4, 0.5) is 0 Å². The highest BCUT2D eigenvalue weighted by molar-refractivity contribution is 5.79. The topological polar surface area (TPSA) is 68.3 Å². The lowest BCUT2D eigenvalue weighted by atomic mass is 9.96. The number of rotatable bonds is 6. The molecule has 19 heavy (non-hydrogen) atoms. The van der Waals surface area contributed by atoms with E-state index in [1.165, 1.54) is 0 Å². The van der Waals surface area contributed by atoms with Crippen molar-refractivity contribution < 1.29 is 9.21 Å². The summed E-state index contributed by atoms with van der Waals surface area (Å²) in [6.07, 6.45) is 0.818. The van der Waals surface area contributed by atoms with Gasteiger partial charge in [-0.15, -0.1) is 0 Å². The van der Waals surface area contributed by atoms with Crippen LogP contribution in [0.15, 0.2) is 10.5 Å². The molecule has 0 aliphatic rings. The Kier molecular flexibility index (Phi) is 5.60. The standard InChI is InChI=1S/C15H26N2O2/c1-9(2)6-13(8-16)15(18)17-11(4)14-7-10(3)19-12(14)5/h7,9,11,13H,6,8,16H2,1-5H3,(H,17,18). The van der Waals surface area contributed by atoms with Crippen molar-refractivity contribution in [2.24, 2.45) is 17.6 Å². The van der Waals surface area contributed by atoms with Crippen LogP contribution in [-0.2, 0) is 4.79 Å². The number of aryl methyl sites for hydroxylation is 2. The second-order valence-corrected chi connectivity index (χ2v) is 5.66. The van der Waals surface area contributed by atoms with Gasteiger partial charge in [0, 0.05) is 12.1 Å². The van der Waals surface area contributed by atoms with Gasteiger partial charge in [0.25, 0.3) is 0 Å². The smallest absolute Gasteiger partial charge is 0.224 e. The number of nitrogens with one attached hydrogen (secondary N) is 1. The van der Waals surface area contributed by atoms with Crippen LogP contribution in [0.3, 0.4) is 0 Å². The molecule has 0 bridgehead atoms. The number of carbonyl (C=O) groups excluding carboxylic acids is 1. The van der Waals surface area contributed by atoms with Crippen LogP contribution in [0, 0.1) is 25.7 Å². The van der Waals surface area contributed by atoms with Crippen molar-refractivity contribution in [2.45, 2.75) is 47.1 Å². The van der Waals surface area contributed by atoms with Gasteiger partial charge in [0.05, 0.1) is 12.0 Å². The van der Waals surface area contributed by atoms with Gasteiger partial charge in [0.2, 0.25) is 5.91 Å². The van der Waals surface area contributed by atoms with Crippen LogP contribution in [0.5, 0.6) is 0 Å². The lowest BCUT2D eigenvalue weighted by molar-refractivity contribution is -0.125. The third-order valence-electron chi connectivity index (χ3n) is 3.32. The van der Waals surface area contributed by atoms with E-state index >= 15 is 0 Å². The van der Waals surface area contributed by atoms with Crippen LogP contribution >= 0.6 is 0 Å². The quantitative estimate of drug-likeness (QED) is 0.831. The molecule has 0 spiro atoms. The fraction of sp³-hybridized carbons (Fsp3) is 0.667. The molecule has 0 saturated carbocycles. The summed E-state index contributed by atoms with van der Waals surface area (Å²) in [6.45, 7) is 10.4. The third-order valence-corrected chi connectivity index (χ3v) is 3.32.